The number of nitrogens with one attached hydrogen (secondary N) is 1. The highest BCUT2D eigenvalue weighted by atomic mass is 32.2. The molecule has 0 amide bonds. The maximum Gasteiger partial charge on any atom is 0.417 e. The maximum absolute atomic E-state index is 12.8. The number of H-pyrrole nitrogens is 1. The second-order valence-corrected chi connectivity index (χ2v) is 4.79. The van der Waals surface area contributed by atoms with Crippen LogP contribution in [0.15, 0.2) is 26.5 Å². The first-order valence-electron chi connectivity index (χ1n) is 5.33. The molecular formula is C11H6F3N3O3S. The fourth-order valence-corrected chi connectivity index (χ4v) is 2.39. The molecule has 0 aliphatic heterocycles. The van der Waals surface area contributed by atoms with E-state index in [0.29, 0.717) is 6.07 Å². The minimum Gasteiger partial charge on any atom is -0.491 e. The lowest BCUT2D eigenvalue weighted by molar-refractivity contribution is -0.138. The van der Waals surface area contributed by atoms with Gasteiger partial charge in [0.25, 0.3) is 5.88 Å². The van der Waals surface area contributed by atoms with E-state index in [1.54, 1.807) is 0 Å². The smallest absolute Gasteiger partial charge is 0.417 e. The lowest BCUT2D eigenvalue weighted by Gasteiger charge is -2.10. The molecule has 0 unspecified atom stereocenters. The minimum atomic E-state index is -4.81. The van der Waals surface area contributed by atoms with Crippen molar-refractivity contribution in [2.75, 3.05) is 0 Å². The molecule has 2 aromatic heterocycles. The molecule has 0 saturated heterocycles. The molecule has 0 aliphatic rings. The fourth-order valence-electron chi connectivity index (χ4n) is 1.49. The summed E-state index contributed by atoms with van der Waals surface area (Å²) in [5, 5.41) is 20.8. The number of alkyl halides is 3. The van der Waals surface area contributed by atoms with Gasteiger partial charge in [-0.05, 0) is 5.16 Å². The summed E-state index contributed by atoms with van der Waals surface area (Å²) in [5.74, 6) is -0.206. The second-order valence-electron chi connectivity index (χ2n) is 3.80. The van der Waals surface area contributed by atoms with E-state index in [-0.39, 0.29) is 22.4 Å². The van der Waals surface area contributed by atoms with Crippen LogP contribution in [0.3, 0.4) is 0 Å². The van der Waals surface area contributed by atoms with Crippen molar-refractivity contribution in [3.8, 4) is 11.9 Å². The number of rotatable bonds is 3. The van der Waals surface area contributed by atoms with Crippen LogP contribution in [0.4, 0.5) is 13.2 Å². The number of aromatic amines is 1. The summed E-state index contributed by atoms with van der Waals surface area (Å²) in [6, 6.07) is 2.94. The first-order valence-corrected chi connectivity index (χ1v) is 6.32. The van der Waals surface area contributed by atoms with Gasteiger partial charge in [0, 0.05) is 12.1 Å². The number of hydrogen-bond acceptors (Lipinski definition) is 6. The number of pyridine rings is 1. The van der Waals surface area contributed by atoms with Gasteiger partial charge in [-0.25, -0.2) is 0 Å². The molecule has 0 bridgehead atoms. The third kappa shape index (κ3) is 3.38. The van der Waals surface area contributed by atoms with E-state index in [0.717, 1.165) is 11.8 Å². The van der Waals surface area contributed by atoms with Crippen molar-refractivity contribution in [2.24, 2.45) is 0 Å². The van der Waals surface area contributed by atoms with Crippen LogP contribution >= 0.6 is 11.8 Å². The molecule has 110 valence electrons. The molecule has 0 aliphatic carbocycles. The maximum atomic E-state index is 12.8. The van der Waals surface area contributed by atoms with Crippen LogP contribution in [-0.4, -0.2) is 15.2 Å². The van der Waals surface area contributed by atoms with Gasteiger partial charge >= 0.3 is 6.18 Å². The zero-order valence-corrected chi connectivity index (χ0v) is 10.9. The molecular weight excluding hydrogens is 311 g/mol. The van der Waals surface area contributed by atoms with Crippen LogP contribution < -0.4 is 5.56 Å². The minimum absolute atomic E-state index is 0.0144. The first-order chi connectivity index (χ1) is 9.81. The third-order valence-corrected chi connectivity index (χ3v) is 3.35. The van der Waals surface area contributed by atoms with Crippen LogP contribution in [0.25, 0.3) is 0 Å². The monoisotopic (exact) mass is 317 g/mol. The molecule has 2 N–H and O–H groups in total. The summed E-state index contributed by atoms with van der Waals surface area (Å²) >= 11 is 0.760. The lowest BCUT2D eigenvalue weighted by atomic mass is 10.1. The van der Waals surface area contributed by atoms with E-state index in [9.17, 15) is 18.0 Å². The van der Waals surface area contributed by atoms with Crippen molar-refractivity contribution in [3.63, 3.8) is 0 Å². The van der Waals surface area contributed by atoms with Gasteiger partial charge in [0.1, 0.15) is 6.07 Å². The molecule has 21 heavy (non-hydrogen) atoms. The lowest BCUT2D eigenvalue weighted by Crippen LogP contribution is -2.17. The van der Waals surface area contributed by atoms with Gasteiger partial charge in [0.2, 0.25) is 5.56 Å². The summed E-state index contributed by atoms with van der Waals surface area (Å²) in [7, 11) is 0. The van der Waals surface area contributed by atoms with Crippen molar-refractivity contribution in [2.45, 2.75) is 17.0 Å². The van der Waals surface area contributed by atoms with Crippen LogP contribution in [0.2, 0.25) is 0 Å². The average Bonchev–Trinajstić information content (AvgIpc) is 2.80. The number of aromatic hydroxyl groups is 1. The summed E-state index contributed by atoms with van der Waals surface area (Å²) < 4.78 is 43.0. The topological polar surface area (TPSA) is 103 Å². The quantitative estimate of drug-likeness (QED) is 0.842. The van der Waals surface area contributed by atoms with Crippen molar-refractivity contribution in [1.29, 1.82) is 5.26 Å². The first kappa shape index (κ1) is 15.0. The molecule has 0 aromatic carbocycles. The molecule has 0 saturated carbocycles. The van der Waals surface area contributed by atoms with Crippen LogP contribution in [0.1, 0.15) is 16.9 Å². The SMILES string of the molecule is N#Cc1c(C(F)(F)F)cc(=O)[nH]c1SCc1cc(O)no1. The van der Waals surface area contributed by atoms with E-state index in [1.807, 2.05) is 0 Å². The molecule has 6 nitrogen and oxygen atoms in total. The van der Waals surface area contributed by atoms with E-state index in [2.05, 4.69) is 14.7 Å². The van der Waals surface area contributed by atoms with E-state index >= 15 is 0 Å². The molecule has 2 rings (SSSR count). The Labute approximate surface area is 119 Å². The molecule has 2 aromatic rings. The van der Waals surface area contributed by atoms with Crippen molar-refractivity contribution < 1.29 is 22.8 Å². The Morgan fingerprint density at radius 1 is 1.48 bits per heavy atom. The predicted molar refractivity (Wildman–Crippen MR) is 64.5 cm³/mol. The Balaban J connectivity index is 2.37. The summed E-state index contributed by atoms with van der Waals surface area (Å²) in [4.78, 5) is 13.5. The van der Waals surface area contributed by atoms with Gasteiger partial charge in [-0.1, -0.05) is 11.8 Å². The molecule has 0 radical (unpaired) electrons. The predicted octanol–water partition coefficient (Wildman–Crippen LogP) is 2.25. The number of hydrogen-bond donors (Lipinski definition) is 2. The van der Waals surface area contributed by atoms with Crippen LogP contribution in [-0.2, 0) is 11.9 Å². The Kier molecular flexibility index (Phi) is 3.95. The van der Waals surface area contributed by atoms with Gasteiger partial charge < -0.3 is 14.6 Å². The Hall–Kier alpha value is -2.41. The summed E-state index contributed by atoms with van der Waals surface area (Å²) in [6.45, 7) is 0. The Morgan fingerprint density at radius 2 is 2.19 bits per heavy atom. The molecule has 2 heterocycles. The van der Waals surface area contributed by atoms with Gasteiger partial charge in [-0.15, -0.1) is 0 Å². The number of nitriles is 1. The van der Waals surface area contributed by atoms with E-state index in [1.165, 1.54) is 12.1 Å². The molecule has 0 fully saturated rings. The van der Waals surface area contributed by atoms with E-state index < -0.39 is 22.9 Å². The average molecular weight is 317 g/mol. The van der Waals surface area contributed by atoms with Crippen molar-refractivity contribution in [1.82, 2.24) is 10.1 Å². The molecule has 0 spiro atoms. The third-order valence-electron chi connectivity index (χ3n) is 2.33. The number of nitrogens with zero attached hydrogens (tertiary/aromatic N) is 2. The van der Waals surface area contributed by atoms with Gasteiger partial charge in [0.15, 0.2) is 5.76 Å². The molecule has 10 heteroatoms. The highest BCUT2D eigenvalue weighted by Gasteiger charge is 2.35. The summed E-state index contributed by atoms with van der Waals surface area (Å²) in [6.07, 6.45) is -4.81. The van der Waals surface area contributed by atoms with E-state index in [4.69, 9.17) is 10.4 Å². The van der Waals surface area contributed by atoms with Gasteiger partial charge in [-0.2, -0.15) is 18.4 Å². The second kappa shape index (κ2) is 5.53. The number of halogens is 3. The number of aromatic nitrogens is 2. The molecule has 0 atom stereocenters. The standard InChI is InChI=1S/C11H6F3N3O3S/c12-11(13,14)7-2-8(18)16-10(6(7)3-15)21-4-5-1-9(19)17-20-5/h1-2H,4H2,(H,16,18)(H,17,19). The normalized spacial score (nSPS) is 11.3. The zero-order chi connectivity index (χ0) is 15.6. The van der Waals surface area contributed by atoms with Crippen LogP contribution in [0, 0.1) is 11.3 Å². The van der Waals surface area contributed by atoms with Crippen LogP contribution in [0.5, 0.6) is 5.88 Å². The van der Waals surface area contributed by atoms with Crippen molar-refractivity contribution >= 4 is 11.8 Å². The summed E-state index contributed by atoms with van der Waals surface area (Å²) in [5.41, 5.74) is -2.93. The Bertz CT molecular complexity index is 761. The van der Waals surface area contributed by atoms with Gasteiger partial charge in [0.05, 0.1) is 21.9 Å². The van der Waals surface area contributed by atoms with Crippen molar-refractivity contribution in [3.05, 3.63) is 39.4 Å². The highest BCUT2D eigenvalue weighted by Crippen LogP contribution is 2.34. The largest absolute Gasteiger partial charge is 0.491 e. The fraction of sp³-hybridized carbons (Fsp3) is 0.182. The highest BCUT2D eigenvalue weighted by molar-refractivity contribution is 7.98. The Morgan fingerprint density at radius 3 is 2.71 bits per heavy atom. The number of thioether (sulfide) groups is 1. The van der Waals surface area contributed by atoms with Gasteiger partial charge in [-0.3, -0.25) is 4.79 Å². The zero-order valence-electron chi connectivity index (χ0n) is 10.1.